The highest BCUT2D eigenvalue weighted by atomic mass is 16.5. The van der Waals surface area contributed by atoms with Gasteiger partial charge in [-0.3, -0.25) is 0 Å². The SMILES string of the molecule is COc1ccc(NCCC2CNCCO2)cc1OC. The zero-order valence-corrected chi connectivity index (χ0v) is 11.6. The highest BCUT2D eigenvalue weighted by Gasteiger charge is 2.12. The van der Waals surface area contributed by atoms with Crippen LogP contribution in [0.1, 0.15) is 6.42 Å². The zero-order valence-electron chi connectivity index (χ0n) is 11.6. The fourth-order valence-corrected chi connectivity index (χ4v) is 2.13. The Labute approximate surface area is 114 Å². The van der Waals surface area contributed by atoms with Crippen molar-refractivity contribution in [3.63, 3.8) is 0 Å². The summed E-state index contributed by atoms with van der Waals surface area (Å²) < 4.78 is 16.1. The molecule has 106 valence electrons. The van der Waals surface area contributed by atoms with E-state index in [0.717, 1.165) is 49.8 Å². The van der Waals surface area contributed by atoms with Crippen LogP contribution in [0.4, 0.5) is 5.69 Å². The lowest BCUT2D eigenvalue weighted by atomic mass is 10.2. The van der Waals surface area contributed by atoms with E-state index in [9.17, 15) is 0 Å². The second-order valence-corrected chi connectivity index (χ2v) is 4.48. The van der Waals surface area contributed by atoms with Crippen molar-refractivity contribution in [2.75, 3.05) is 45.8 Å². The minimum atomic E-state index is 0.307. The maximum Gasteiger partial charge on any atom is 0.162 e. The Bertz CT molecular complexity index is 392. The number of benzene rings is 1. The van der Waals surface area contributed by atoms with Gasteiger partial charge in [-0.15, -0.1) is 0 Å². The molecule has 0 bridgehead atoms. The topological polar surface area (TPSA) is 51.8 Å². The molecule has 1 aliphatic rings. The fraction of sp³-hybridized carbons (Fsp3) is 0.571. The molecule has 1 aromatic carbocycles. The number of hydrogen-bond acceptors (Lipinski definition) is 5. The Morgan fingerprint density at radius 1 is 1.32 bits per heavy atom. The van der Waals surface area contributed by atoms with Gasteiger partial charge in [-0.05, 0) is 18.6 Å². The Kier molecular flexibility index (Phi) is 5.30. The van der Waals surface area contributed by atoms with Gasteiger partial charge in [0.1, 0.15) is 0 Å². The van der Waals surface area contributed by atoms with Gasteiger partial charge in [0.2, 0.25) is 0 Å². The van der Waals surface area contributed by atoms with Crippen LogP contribution in [0.2, 0.25) is 0 Å². The number of anilines is 1. The van der Waals surface area contributed by atoms with Crippen molar-refractivity contribution in [3.8, 4) is 11.5 Å². The van der Waals surface area contributed by atoms with Gasteiger partial charge in [-0.25, -0.2) is 0 Å². The van der Waals surface area contributed by atoms with E-state index in [4.69, 9.17) is 14.2 Å². The number of hydrogen-bond donors (Lipinski definition) is 2. The molecule has 5 heteroatoms. The number of nitrogens with one attached hydrogen (secondary N) is 2. The van der Waals surface area contributed by atoms with Crippen LogP contribution in [0, 0.1) is 0 Å². The molecule has 2 rings (SSSR count). The molecule has 0 amide bonds. The molecule has 0 spiro atoms. The molecule has 2 N–H and O–H groups in total. The van der Waals surface area contributed by atoms with Crippen molar-refractivity contribution in [1.29, 1.82) is 0 Å². The van der Waals surface area contributed by atoms with E-state index in [2.05, 4.69) is 10.6 Å². The van der Waals surface area contributed by atoms with Gasteiger partial charge in [0, 0.05) is 31.4 Å². The van der Waals surface area contributed by atoms with Crippen LogP contribution in [-0.4, -0.2) is 46.6 Å². The predicted molar refractivity (Wildman–Crippen MR) is 75.3 cm³/mol. The largest absolute Gasteiger partial charge is 0.493 e. The van der Waals surface area contributed by atoms with E-state index < -0.39 is 0 Å². The summed E-state index contributed by atoms with van der Waals surface area (Å²) in [5.41, 5.74) is 1.03. The quantitative estimate of drug-likeness (QED) is 0.817. The van der Waals surface area contributed by atoms with Crippen LogP contribution in [0.3, 0.4) is 0 Å². The van der Waals surface area contributed by atoms with Crippen LogP contribution >= 0.6 is 0 Å². The van der Waals surface area contributed by atoms with Crippen molar-refractivity contribution < 1.29 is 14.2 Å². The zero-order chi connectivity index (χ0) is 13.5. The summed E-state index contributed by atoms with van der Waals surface area (Å²) in [7, 11) is 3.28. The van der Waals surface area contributed by atoms with Crippen LogP contribution < -0.4 is 20.1 Å². The van der Waals surface area contributed by atoms with Gasteiger partial charge in [0.05, 0.1) is 26.9 Å². The minimum Gasteiger partial charge on any atom is -0.493 e. The molecule has 0 radical (unpaired) electrons. The average Bonchev–Trinajstić information content (AvgIpc) is 2.48. The Morgan fingerprint density at radius 2 is 2.16 bits per heavy atom. The molecule has 1 atom stereocenters. The number of methoxy groups -OCH3 is 2. The normalized spacial score (nSPS) is 18.9. The smallest absolute Gasteiger partial charge is 0.162 e. The fourth-order valence-electron chi connectivity index (χ4n) is 2.13. The maximum absolute atomic E-state index is 5.65. The van der Waals surface area contributed by atoms with E-state index in [1.54, 1.807) is 14.2 Å². The molecule has 0 aliphatic carbocycles. The lowest BCUT2D eigenvalue weighted by Crippen LogP contribution is -2.39. The lowest BCUT2D eigenvalue weighted by molar-refractivity contribution is 0.0258. The molecule has 1 aromatic rings. The first kappa shape index (κ1) is 14.0. The van der Waals surface area contributed by atoms with E-state index >= 15 is 0 Å². The van der Waals surface area contributed by atoms with E-state index in [0.29, 0.717) is 6.10 Å². The first-order chi connectivity index (χ1) is 9.33. The van der Waals surface area contributed by atoms with Crippen LogP contribution in [0.5, 0.6) is 11.5 Å². The van der Waals surface area contributed by atoms with Crippen molar-refractivity contribution in [2.45, 2.75) is 12.5 Å². The Hall–Kier alpha value is -1.46. The molecule has 1 unspecified atom stereocenters. The number of ether oxygens (including phenoxy) is 3. The summed E-state index contributed by atoms with van der Waals surface area (Å²) in [5, 5.41) is 6.70. The van der Waals surface area contributed by atoms with Gasteiger partial charge < -0.3 is 24.8 Å². The van der Waals surface area contributed by atoms with Gasteiger partial charge in [0.25, 0.3) is 0 Å². The molecule has 1 fully saturated rings. The van der Waals surface area contributed by atoms with Gasteiger partial charge in [0.15, 0.2) is 11.5 Å². The van der Waals surface area contributed by atoms with Gasteiger partial charge in [-0.1, -0.05) is 0 Å². The second-order valence-electron chi connectivity index (χ2n) is 4.48. The predicted octanol–water partition coefficient (Wildman–Crippen LogP) is 1.49. The molecular formula is C14H22N2O3. The second kappa shape index (κ2) is 7.21. The molecule has 0 aromatic heterocycles. The lowest BCUT2D eigenvalue weighted by Gasteiger charge is -2.23. The molecular weight excluding hydrogens is 244 g/mol. The molecule has 1 heterocycles. The third kappa shape index (κ3) is 4.01. The van der Waals surface area contributed by atoms with E-state index in [1.807, 2.05) is 18.2 Å². The summed E-state index contributed by atoms with van der Waals surface area (Å²) >= 11 is 0. The van der Waals surface area contributed by atoms with Crippen LogP contribution in [-0.2, 0) is 4.74 Å². The average molecular weight is 266 g/mol. The standard InChI is InChI=1S/C14H22N2O3/c1-17-13-4-3-11(9-14(13)18-2)16-6-5-12-10-15-7-8-19-12/h3-4,9,12,15-16H,5-8,10H2,1-2H3. The summed E-state index contributed by atoms with van der Waals surface area (Å²) in [4.78, 5) is 0. The number of morpholine rings is 1. The van der Waals surface area contributed by atoms with Crippen LogP contribution in [0.25, 0.3) is 0 Å². The maximum atomic E-state index is 5.65. The minimum absolute atomic E-state index is 0.307. The first-order valence-corrected chi connectivity index (χ1v) is 6.61. The Balaban J connectivity index is 1.81. The van der Waals surface area contributed by atoms with Crippen molar-refractivity contribution >= 4 is 5.69 Å². The summed E-state index contributed by atoms with van der Waals surface area (Å²) in [6.07, 6.45) is 1.29. The third-order valence-electron chi connectivity index (χ3n) is 3.18. The van der Waals surface area contributed by atoms with Crippen molar-refractivity contribution in [2.24, 2.45) is 0 Å². The van der Waals surface area contributed by atoms with E-state index in [-0.39, 0.29) is 0 Å². The summed E-state index contributed by atoms with van der Waals surface area (Å²) in [6, 6.07) is 5.83. The van der Waals surface area contributed by atoms with Gasteiger partial charge >= 0.3 is 0 Å². The monoisotopic (exact) mass is 266 g/mol. The summed E-state index contributed by atoms with van der Waals surface area (Å²) in [5.74, 6) is 1.48. The molecule has 1 saturated heterocycles. The molecule has 19 heavy (non-hydrogen) atoms. The van der Waals surface area contributed by atoms with Crippen LogP contribution in [0.15, 0.2) is 18.2 Å². The van der Waals surface area contributed by atoms with Crippen molar-refractivity contribution in [3.05, 3.63) is 18.2 Å². The molecule has 5 nitrogen and oxygen atoms in total. The van der Waals surface area contributed by atoms with Gasteiger partial charge in [-0.2, -0.15) is 0 Å². The Morgan fingerprint density at radius 3 is 2.84 bits per heavy atom. The molecule has 0 saturated carbocycles. The summed E-state index contributed by atoms with van der Waals surface area (Å²) in [6.45, 7) is 3.58. The third-order valence-corrected chi connectivity index (χ3v) is 3.18. The van der Waals surface area contributed by atoms with E-state index in [1.165, 1.54) is 0 Å². The highest BCUT2D eigenvalue weighted by molar-refractivity contribution is 5.54. The number of rotatable bonds is 6. The van der Waals surface area contributed by atoms with Crippen molar-refractivity contribution in [1.82, 2.24) is 5.32 Å². The molecule has 1 aliphatic heterocycles. The highest BCUT2D eigenvalue weighted by Crippen LogP contribution is 2.29. The first-order valence-electron chi connectivity index (χ1n) is 6.61.